The zero-order chi connectivity index (χ0) is 49.1. The van der Waals surface area contributed by atoms with E-state index in [1.165, 1.54) is 36.3 Å². The third-order valence-electron chi connectivity index (χ3n) is 11.0. The second-order valence-corrected chi connectivity index (χ2v) is 17.8. The van der Waals surface area contributed by atoms with Crippen molar-refractivity contribution < 1.29 is 55.0 Å². The number of aryl methyl sites for hydroxylation is 1. The highest BCUT2D eigenvalue weighted by Gasteiger charge is 2.40. The minimum atomic E-state index is -4.80. The standard InChI is InChI=1S/C44H49F3N12O9S/c1-57(69(2,64)65)39-29(7-4-16-48-39)24-49-38-34(44(45,46)47)25-50-43(54-38)52-31-12-10-30(11-13-31)51-40(61)35-27-58(56-55-35)17-19-67-21-23-68-22-20-66-18-5-8-28-6-3-9-32-33(28)26-59(42(32)63)36-14-15-37(60)53-41(36)62/h3-4,6-7,9-13,16,25,27,36H,5,8,14-15,17-24,26H2,1-2H3,(H,51,61)(H,53,60,62)(H2,49,50,52,54). The van der Waals surface area contributed by atoms with E-state index in [1.807, 2.05) is 12.1 Å². The number of pyridine rings is 1. The number of carbonyl (C=O) groups is 4. The molecule has 2 aromatic carbocycles. The quantitative estimate of drug-likeness (QED) is 0.0534. The summed E-state index contributed by atoms with van der Waals surface area (Å²) in [7, 11) is -2.42. The molecule has 366 valence electrons. The molecule has 5 heterocycles. The molecule has 0 spiro atoms. The largest absolute Gasteiger partial charge is 0.421 e. The van der Waals surface area contributed by atoms with Crippen LogP contribution in [0.5, 0.6) is 0 Å². The van der Waals surface area contributed by atoms with Gasteiger partial charge < -0.3 is 35.1 Å². The van der Waals surface area contributed by atoms with Gasteiger partial charge in [-0.15, -0.1) is 5.10 Å². The Morgan fingerprint density at radius 3 is 2.36 bits per heavy atom. The number of alkyl halides is 3. The summed E-state index contributed by atoms with van der Waals surface area (Å²) < 4.78 is 85.3. The van der Waals surface area contributed by atoms with Crippen LogP contribution < -0.4 is 25.6 Å². The van der Waals surface area contributed by atoms with Crippen molar-refractivity contribution in [3.8, 4) is 0 Å². The zero-order valence-electron chi connectivity index (χ0n) is 37.5. The van der Waals surface area contributed by atoms with Crippen molar-refractivity contribution in [2.75, 3.05) is 73.2 Å². The Morgan fingerprint density at radius 2 is 1.64 bits per heavy atom. The van der Waals surface area contributed by atoms with Gasteiger partial charge >= 0.3 is 6.18 Å². The maximum absolute atomic E-state index is 13.9. The number of hydrogen-bond acceptors (Lipinski definition) is 16. The van der Waals surface area contributed by atoms with Gasteiger partial charge in [0.05, 0.1) is 52.0 Å². The number of carbonyl (C=O) groups excluding carboxylic acids is 4. The molecule has 0 aliphatic carbocycles. The molecule has 7 rings (SSSR count). The molecule has 2 aliphatic rings. The fraction of sp³-hybridized carbons (Fsp3) is 0.386. The van der Waals surface area contributed by atoms with E-state index in [0.29, 0.717) is 87.7 Å². The molecule has 3 aromatic heterocycles. The van der Waals surface area contributed by atoms with Gasteiger partial charge in [0.2, 0.25) is 27.8 Å². The fourth-order valence-corrected chi connectivity index (χ4v) is 7.87. The van der Waals surface area contributed by atoms with E-state index in [2.05, 4.69) is 46.5 Å². The first-order valence-electron chi connectivity index (χ1n) is 21.7. The molecule has 1 unspecified atom stereocenters. The van der Waals surface area contributed by atoms with Crippen molar-refractivity contribution in [2.24, 2.45) is 0 Å². The van der Waals surface area contributed by atoms with Gasteiger partial charge in [0, 0.05) is 68.1 Å². The number of nitrogens with zero attached hydrogens (tertiary/aromatic N) is 8. The lowest BCUT2D eigenvalue weighted by Crippen LogP contribution is -2.52. The number of amides is 4. The van der Waals surface area contributed by atoms with Gasteiger partial charge in [-0.2, -0.15) is 18.2 Å². The van der Waals surface area contributed by atoms with Gasteiger partial charge in [-0.3, -0.25) is 28.8 Å². The summed E-state index contributed by atoms with van der Waals surface area (Å²) in [5.74, 6) is -2.15. The number of aromatic nitrogens is 6. The van der Waals surface area contributed by atoms with Gasteiger partial charge in [-0.05, 0) is 66.8 Å². The molecule has 5 aromatic rings. The number of fused-ring (bicyclic) bond motifs is 1. The summed E-state index contributed by atoms with van der Waals surface area (Å²) >= 11 is 0. The van der Waals surface area contributed by atoms with Crippen LogP contribution in [0.15, 0.2) is 73.2 Å². The Morgan fingerprint density at radius 1 is 0.928 bits per heavy atom. The summed E-state index contributed by atoms with van der Waals surface area (Å²) in [5.41, 5.74) is 2.55. The first kappa shape index (κ1) is 49.8. The number of anilines is 5. The number of ether oxygens (including phenoxy) is 3. The average molecular weight is 979 g/mol. The van der Waals surface area contributed by atoms with Crippen LogP contribution >= 0.6 is 0 Å². The highest BCUT2D eigenvalue weighted by atomic mass is 32.2. The number of nitrogens with one attached hydrogen (secondary N) is 4. The van der Waals surface area contributed by atoms with Crippen molar-refractivity contribution in [1.29, 1.82) is 0 Å². The number of imide groups is 1. The summed E-state index contributed by atoms with van der Waals surface area (Å²) in [6.07, 6.45) is 1.59. The van der Waals surface area contributed by atoms with Crippen LogP contribution in [0.3, 0.4) is 0 Å². The smallest absolute Gasteiger partial charge is 0.379 e. The first-order valence-corrected chi connectivity index (χ1v) is 23.5. The maximum Gasteiger partial charge on any atom is 0.421 e. The predicted octanol–water partition coefficient (Wildman–Crippen LogP) is 3.93. The van der Waals surface area contributed by atoms with E-state index in [4.69, 9.17) is 14.2 Å². The molecular weight excluding hydrogens is 930 g/mol. The van der Waals surface area contributed by atoms with Gasteiger partial charge in [0.15, 0.2) is 5.69 Å². The lowest BCUT2D eigenvalue weighted by molar-refractivity contribution is -0.138. The van der Waals surface area contributed by atoms with Crippen LogP contribution in [0.2, 0.25) is 0 Å². The topological polar surface area (TPSA) is 254 Å². The Hall–Kier alpha value is -7.09. The minimum Gasteiger partial charge on any atom is -0.379 e. The average Bonchev–Trinajstić information content (AvgIpc) is 3.93. The van der Waals surface area contributed by atoms with Crippen LogP contribution in [0, 0.1) is 0 Å². The van der Waals surface area contributed by atoms with Crippen molar-refractivity contribution in [2.45, 2.75) is 57.5 Å². The summed E-state index contributed by atoms with van der Waals surface area (Å²) in [6, 6.07) is 14.2. The Labute approximate surface area is 394 Å². The molecule has 2 aliphatic heterocycles. The lowest BCUT2D eigenvalue weighted by Gasteiger charge is -2.29. The predicted molar refractivity (Wildman–Crippen MR) is 243 cm³/mol. The number of rotatable bonds is 23. The van der Waals surface area contributed by atoms with Gasteiger partial charge in [-0.25, -0.2) is 23.1 Å². The van der Waals surface area contributed by atoms with E-state index in [1.54, 1.807) is 35.2 Å². The SMILES string of the molecule is CN(c1ncccc1CNc1nc(Nc2ccc(NC(=O)c3cn(CCOCCOCCOCCCc4cccc5c4CN(C4CCC(=O)NC4=O)C5=O)nn3)cc2)ncc1C(F)(F)F)S(C)(=O)=O. The number of halogens is 3. The number of piperidine rings is 1. The van der Waals surface area contributed by atoms with Crippen molar-refractivity contribution in [1.82, 2.24) is 40.2 Å². The van der Waals surface area contributed by atoms with Crippen LogP contribution in [0.25, 0.3) is 0 Å². The number of sulfonamides is 1. The molecular formula is C44H49F3N12O9S. The Bertz CT molecular complexity index is 2760. The molecule has 25 heteroatoms. The van der Waals surface area contributed by atoms with E-state index in [0.717, 1.165) is 28.1 Å². The third-order valence-corrected chi connectivity index (χ3v) is 12.2. The Kier molecular flexibility index (Phi) is 16.1. The van der Waals surface area contributed by atoms with Gasteiger partial charge in [0.1, 0.15) is 23.2 Å². The molecule has 21 nitrogen and oxygen atoms in total. The van der Waals surface area contributed by atoms with Crippen LogP contribution in [0.4, 0.5) is 42.1 Å². The minimum absolute atomic E-state index is 0.0397. The van der Waals surface area contributed by atoms with E-state index in [9.17, 15) is 40.8 Å². The summed E-state index contributed by atoms with van der Waals surface area (Å²) in [5, 5.41) is 18.4. The highest BCUT2D eigenvalue weighted by Crippen LogP contribution is 2.35. The van der Waals surface area contributed by atoms with Crippen molar-refractivity contribution in [3.63, 3.8) is 0 Å². The Balaban J connectivity index is 0.772. The molecule has 69 heavy (non-hydrogen) atoms. The van der Waals surface area contributed by atoms with Crippen LogP contribution in [0.1, 0.15) is 62.4 Å². The van der Waals surface area contributed by atoms with E-state index >= 15 is 0 Å². The van der Waals surface area contributed by atoms with Gasteiger partial charge in [0.25, 0.3) is 11.8 Å². The summed E-state index contributed by atoms with van der Waals surface area (Å²) in [4.78, 5) is 63.4. The second-order valence-electron chi connectivity index (χ2n) is 15.8. The monoisotopic (exact) mass is 978 g/mol. The maximum atomic E-state index is 13.9. The van der Waals surface area contributed by atoms with Crippen molar-refractivity contribution >= 4 is 62.6 Å². The van der Waals surface area contributed by atoms with Crippen LogP contribution in [-0.4, -0.2) is 126 Å². The molecule has 0 radical (unpaired) electrons. The lowest BCUT2D eigenvalue weighted by atomic mass is 10.00. The number of hydrogen-bond donors (Lipinski definition) is 4. The highest BCUT2D eigenvalue weighted by molar-refractivity contribution is 7.92. The van der Waals surface area contributed by atoms with Gasteiger partial charge in [-0.1, -0.05) is 23.4 Å². The second kappa shape index (κ2) is 22.3. The molecule has 1 saturated heterocycles. The normalized spacial score (nSPS) is 14.9. The molecule has 0 saturated carbocycles. The molecule has 4 amide bonds. The molecule has 1 fully saturated rings. The number of benzene rings is 2. The van der Waals surface area contributed by atoms with E-state index in [-0.39, 0.29) is 48.8 Å². The fourth-order valence-electron chi connectivity index (χ4n) is 7.39. The van der Waals surface area contributed by atoms with Crippen LogP contribution in [-0.2, 0) is 66.1 Å². The van der Waals surface area contributed by atoms with Crippen molar-refractivity contribution in [3.05, 3.63) is 107 Å². The first-order chi connectivity index (χ1) is 33.0. The summed E-state index contributed by atoms with van der Waals surface area (Å²) in [6.45, 7) is 2.63. The molecule has 4 N–H and O–H groups in total. The van der Waals surface area contributed by atoms with E-state index < -0.39 is 45.4 Å². The third kappa shape index (κ3) is 13.1. The molecule has 0 bridgehead atoms. The zero-order valence-corrected chi connectivity index (χ0v) is 38.3. The molecule has 1 atom stereocenters.